The van der Waals surface area contributed by atoms with Crippen LogP contribution in [0.25, 0.3) is 0 Å². The number of esters is 2. The molecular weight excluding hydrogens is 472 g/mol. The van der Waals surface area contributed by atoms with E-state index >= 15 is 0 Å². The van der Waals surface area contributed by atoms with Crippen LogP contribution in [-0.2, 0) is 20.7 Å². The maximum Gasteiger partial charge on any atom is 0.547 e. The number of hydrogen-bond donors (Lipinski definition) is 2. The normalized spacial score (nSPS) is 15.2. The van der Waals surface area contributed by atoms with Crippen molar-refractivity contribution in [3.05, 3.63) is 63.1 Å². The molecule has 0 bridgehead atoms. The number of nitrogens with one attached hydrogen (secondary N) is 1. The summed E-state index contributed by atoms with van der Waals surface area (Å²) in [6.07, 6.45) is 0.171. The summed E-state index contributed by atoms with van der Waals surface area (Å²) in [7, 11) is -1.45. The van der Waals surface area contributed by atoms with E-state index in [9.17, 15) is 19.4 Å². The van der Waals surface area contributed by atoms with Crippen LogP contribution in [0.2, 0.25) is 10.0 Å². The molecule has 1 amide bonds. The molecule has 33 heavy (non-hydrogen) atoms. The highest BCUT2D eigenvalue weighted by Crippen LogP contribution is 2.31. The highest BCUT2D eigenvalue weighted by atomic mass is 35.5. The molecule has 0 unspecified atom stereocenters. The van der Waals surface area contributed by atoms with Gasteiger partial charge < -0.3 is 24.5 Å². The van der Waals surface area contributed by atoms with Gasteiger partial charge in [0.1, 0.15) is 11.3 Å². The molecule has 1 atom stereocenters. The SMILES string of the molecule is CC(C)(C)C(=O)OCOC(=O)c1cccc2c1OB(O)[C@@H](NC(=O)c1c(Cl)cccc1Cl)C2. The van der Waals surface area contributed by atoms with Crippen molar-refractivity contribution in [1.29, 1.82) is 0 Å². The van der Waals surface area contributed by atoms with Gasteiger partial charge in [0.15, 0.2) is 0 Å². The van der Waals surface area contributed by atoms with Crippen molar-refractivity contribution in [3.8, 4) is 5.75 Å². The standard InChI is InChI=1S/C22H22BCl2NO7/c1-22(2,3)21(29)32-11-31-20(28)13-7-4-6-12-10-16(23(30)33-18(12)13)26-19(27)17-14(24)8-5-9-15(17)25/h4-9,16,30H,10-11H2,1-3H3,(H,26,27)/t16-/m0/s1. The van der Waals surface area contributed by atoms with Crippen molar-refractivity contribution in [3.63, 3.8) is 0 Å². The summed E-state index contributed by atoms with van der Waals surface area (Å²) in [5.41, 5.74) is -0.0330. The molecule has 2 N–H and O–H groups in total. The number of ether oxygens (including phenoxy) is 2. The van der Waals surface area contributed by atoms with Crippen LogP contribution < -0.4 is 9.97 Å². The number of hydrogen-bond acceptors (Lipinski definition) is 7. The average Bonchev–Trinajstić information content (AvgIpc) is 2.73. The smallest absolute Gasteiger partial charge is 0.534 e. The molecule has 11 heteroatoms. The topological polar surface area (TPSA) is 111 Å². The first-order valence-corrected chi connectivity index (χ1v) is 10.8. The lowest BCUT2D eigenvalue weighted by Gasteiger charge is -2.29. The molecule has 1 heterocycles. The third kappa shape index (κ3) is 5.79. The zero-order chi connectivity index (χ0) is 24.3. The Morgan fingerprint density at radius 3 is 2.39 bits per heavy atom. The van der Waals surface area contributed by atoms with Crippen LogP contribution in [0.4, 0.5) is 0 Å². The number of rotatable bonds is 5. The molecule has 1 aliphatic heterocycles. The van der Waals surface area contributed by atoms with Crippen molar-refractivity contribution in [2.45, 2.75) is 33.1 Å². The Hall–Kier alpha value is -2.75. The van der Waals surface area contributed by atoms with Crippen LogP contribution in [-0.4, -0.2) is 42.7 Å². The van der Waals surface area contributed by atoms with Crippen LogP contribution in [0.3, 0.4) is 0 Å². The minimum atomic E-state index is -1.45. The molecule has 1 aliphatic rings. The van der Waals surface area contributed by atoms with Gasteiger partial charge in [0.05, 0.1) is 27.0 Å². The highest BCUT2D eigenvalue weighted by molar-refractivity contribution is 6.47. The van der Waals surface area contributed by atoms with Crippen molar-refractivity contribution in [2.24, 2.45) is 5.41 Å². The zero-order valence-electron chi connectivity index (χ0n) is 18.2. The van der Waals surface area contributed by atoms with E-state index in [1.54, 1.807) is 39.0 Å². The second-order valence-corrected chi connectivity index (χ2v) is 9.23. The molecule has 0 radical (unpaired) electrons. The van der Waals surface area contributed by atoms with Gasteiger partial charge >= 0.3 is 19.1 Å². The fourth-order valence-corrected chi connectivity index (χ4v) is 3.66. The monoisotopic (exact) mass is 493 g/mol. The predicted octanol–water partition coefficient (Wildman–Crippen LogP) is 3.45. The molecule has 0 saturated heterocycles. The van der Waals surface area contributed by atoms with Gasteiger partial charge in [-0.2, -0.15) is 0 Å². The number of fused-ring (bicyclic) bond motifs is 1. The Labute approximate surface area is 201 Å². The number of amides is 1. The van der Waals surface area contributed by atoms with E-state index in [1.807, 2.05) is 0 Å². The first-order chi connectivity index (χ1) is 15.5. The lowest BCUT2D eigenvalue weighted by atomic mass is 9.72. The lowest BCUT2D eigenvalue weighted by Crippen LogP contribution is -2.53. The second kappa shape index (κ2) is 10.0. The van der Waals surface area contributed by atoms with Gasteiger partial charge in [0.2, 0.25) is 6.79 Å². The first-order valence-electron chi connectivity index (χ1n) is 10.0. The molecule has 0 saturated carbocycles. The Balaban J connectivity index is 1.70. The van der Waals surface area contributed by atoms with E-state index < -0.39 is 43.1 Å². The van der Waals surface area contributed by atoms with Gasteiger partial charge in [-0.25, -0.2) is 4.79 Å². The van der Waals surface area contributed by atoms with Gasteiger partial charge in [-0.1, -0.05) is 41.4 Å². The molecule has 0 aliphatic carbocycles. The van der Waals surface area contributed by atoms with Crippen molar-refractivity contribution in [2.75, 3.05) is 6.79 Å². The lowest BCUT2D eigenvalue weighted by molar-refractivity contribution is -0.161. The quantitative estimate of drug-likeness (QED) is 0.372. The summed E-state index contributed by atoms with van der Waals surface area (Å²) in [6.45, 7) is 4.47. The molecule has 0 spiro atoms. The summed E-state index contributed by atoms with van der Waals surface area (Å²) in [4.78, 5) is 37.0. The van der Waals surface area contributed by atoms with Gasteiger partial charge in [-0.3, -0.25) is 9.59 Å². The number of halogens is 2. The van der Waals surface area contributed by atoms with Crippen LogP contribution in [0, 0.1) is 5.41 Å². The van der Waals surface area contributed by atoms with Crippen molar-refractivity contribution < 1.29 is 33.5 Å². The third-order valence-corrected chi connectivity index (χ3v) is 5.47. The predicted molar refractivity (Wildman–Crippen MR) is 122 cm³/mol. The van der Waals surface area contributed by atoms with Crippen LogP contribution >= 0.6 is 23.2 Å². The number of carbonyl (C=O) groups is 3. The van der Waals surface area contributed by atoms with Gasteiger partial charge in [0, 0.05) is 0 Å². The largest absolute Gasteiger partial charge is 0.547 e. The van der Waals surface area contributed by atoms with E-state index in [1.165, 1.54) is 18.2 Å². The molecule has 3 rings (SSSR count). The summed E-state index contributed by atoms with van der Waals surface area (Å²) in [6, 6.07) is 9.44. The maximum atomic E-state index is 12.7. The zero-order valence-corrected chi connectivity index (χ0v) is 19.7. The molecule has 2 aromatic carbocycles. The summed E-state index contributed by atoms with van der Waals surface area (Å²) in [5.74, 6) is -2.58. The highest BCUT2D eigenvalue weighted by Gasteiger charge is 2.38. The van der Waals surface area contributed by atoms with Gasteiger partial charge in [0.25, 0.3) is 5.91 Å². The fraction of sp³-hybridized carbons (Fsp3) is 0.318. The molecule has 2 aromatic rings. The third-order valence-electron chi connectivity index (χ3n) is 4.84. The average molecular weight is 494 g/mol. The van der Waals surface area contributed by atoms with E-state index in [0.717, 1.165) is 0 Å². The van der Waals surface area contributed by atoms with Gasteiger partial charge in [-0.05, 0) is 51.0 Å². The van der Waals surface area contributed by atoms with Crippen molar-refractivity contribution in [1.82, 2.24) is 5.32 Å². The summed E-state index contributed by atoms with van der Waals surface area (Å²) >= 11 is 12.2. The van der Waals surface area contributed by atoms with Crippen molar-refractivity contribution >= 4 is 48.2 Å². The minimum absolute atomic E-state index is 0.0530. The molecular formula is C22H22BCl2NO7. The molecule has 174 valence electrons. The number of benzene rings is 2. The summed E-state index contributed by atoms with van der Waals surface area (Å²) in [5, 5.41) is 13.5. The van der Waals surface area contributed by atoms with Crippen LogP contribution in [0.15, 0.2) is 36.4 Å². The van der Waals surface area contributed by atoms with Crippen LogP contribution in [0.5, 0.6) is 5.75 Å². The van der Waals surface area contributed by atoms with E-state index in [-0.39, 0.29) is 33.3 Å². The minimum Gasteiger partial charge on any atom is -0.534 e. The Bertz CT molecular complexity index is 1070. The maximum absolute atomic E-state index is 12.7. The molecule has 0 fully saturated rings. The van der Waals surface area contributed by atoms with Gasteiger partial charge in [-0.15, -0.1) is 0 Å². The van der Waals surface area contributed by atoms with Crippen LogP contribution in [0.1, 0.15) is 47.1 Å². The Morgan fingerprint density at radius 2 is 1.76 bits per heavy atom. The second-order valence-electron chi connectivity index (χ2n) is 8.41. The van der Waals surface area contributed by atoms with E-state index in [2.05, 4.69) is 5.32 Å². The first kappa shape index (κ1) is 24.9. The van der Waals surface area contributed by atoms with E-state index in [4.69, 9.17) is 37.3 Å². The van der Waals surface area contributed by atoms with E-state index in [0.29, 0.717) is 5.56 Å². The Morgan fingerprint density at radius 1 is 1.12 bits per heavy atom. The Kier molecular flexibility index (Phi) is 7.56. The summed E-state index contributed by atoms with van der Waals surface area (Å²) < 4.78 is 15.5. The fourth-order valence-electron chi connectivity index (χ4n) is 3.09. The number of para-hydroxylation sites is 1. The number of carbonyl (C=O) groups excluding carboxylic acids is 3. The molecule has 0 aromatic heterocycles. The molecule has 8 nitrogen and oxygen atoms in total.